The molecule has 2 atom stereocenters. The predicted molar refractivity (Wildman–Crippen MR) is 171 cm³/mol. The minimum atomic E-state index is -0.241. The average molecular weight is 585 g/mol. The fraction of sp³-hybridized carbons (Fsp3) is 0.417. The molecule has 2 aromatic rings. The molecule has 3 saturated heterocycles. The van der Waals surface area contributed by atoms with E-state index in [2.05, 4.69) is 39.6 Å². The molecule has 0 aromatic heterocycles. The van der Waals surface area contributed by atoms with Crippen LogP contribution in [-0.4, -0.2) is 78.6 Å². The van der Waals surface area contributed by atoms with Crippen LogP contribution in [0, 0.1) is 5.82 Å². The normalized spacial score (nSPS) is 21.5. The van der Waals surface area contributed by atoms with Crippen molar-refractivity contribution in [2.45, 2.75) is 51.2 Å². The maximum Gasteiger partial charge on any atom is 0.253 e. The molecule has 0 saturated carbocycles. The van der Waals surface area contributed by atoms with E-state index in [1.165, 1.54) is 25.0 Å². The summed E-state index contributed by atoms with van der Waals surface area (Å²) >= 11 is 0. The van der Waals surface area contributed by atoms with Gasteiger partial charge in [0.05, 0.1) is 5.57 Å². The third kappa shape index (κ3) is 8.68. The van der Waals surface area contributed by atoms with Gasteiger partial charge in [-0.1, -0.05) is 67.6 Å². The van der Waals surface area contributed by atoms with Crippen LogP contribution >= 0.6 is 0 Å². The van der Waals surface area contributed by atoms with Gasteiger partial charge in [0.1, 0.15) is 18.2 Å². The fourth-order valence-corrected chi connectivity index (χ4v) is 6.24. The van der Waals surface area contributed by atoms with E-state index in [1.54, 1.807) is 12.1 Å². The van der Waals surface area contributed by atoms with Gasteiger partial charge >= 0.3 is 0 Å². The first-order chi connectivity index (χ1) is 21.0. The quantitative estimate of drug-likeness (QED) is 0.289. The van der Waals surface area contributed by atoms with Crippen molar-refractivity contribution in [3.8, 4) is 5.75 Å². The molecule has 3 fully saturated rings. The number of carbonyl (C=O) groups is 1. The molecule has 43 heavy (non-hydrogen) atoms. The Morgan fingerprint density at radius 3 is 2.44 bits per heavy atom. The highest BCUT2D eigenvalue weighted by atomic mass is 19.1. The van der Waals surface area contributed by atoms with Crippen molar-refractivity contribution in [2.24, 2.45) is 0 Å². The van der Waals surface area contributed by atoms with Crippen LogP contribution in [0.4, 0.5) is 4.39 Å². The van der Waals surface area contributed by atoms with E-state index >= 15 is 0 Å². The van der Waals surface area contributed by atoms with Crippen LogP contribution in [0.2, 0.25) is 0 Å². The largest absolute Gasteiger partial charge is 0.492 e. The Kier molecular flexibility index (Phi) is 10.9. The molecule has 0 aliphatic carbocycles. The Morgan fingerprint density at radius 2 is 1.74 bits per heavy atom. The standard InChI is InChI=1S/C36H45FN4O2/c1-3-28(2)9-7-12-30-24-39(27-35(30)36(42)38-23-29-10-5-4-6-11-29)19-8-20-40-25-33-16-15-32(40)26-41(33)21-22-43-34-17-13-31(37)14-18-34/h4-7,9-14,17-18,27,32-33H,2-3,8,15-16,19-26H2,1H3,(H,38,42)/b9-7-,30-12+. The predicted octanol–water partition coefficient (Wildman–Crippen LogP) is 5.71. The van der Waals surface area contributed by atoms with E-state index in [1.807, 2.05) is 48.7 Å². The lowest BCUT2D eigenvalue weighted by atomic mass is 9.90. The monoisotopic (exact) mass is 584 g/mol. The molecule has 228 valence electrons. The van der Waals surface area contributed by atoms with Gasteiger partial charge in [-0.2, -0.15) is 0 Å². The second-order valence-corrected chi connectivity index (χ2v) is 11.8. The molecule has 6 nitrogen and oxygen atoms in total. The molecule has 0 spiro atoms. The van der Waals surface area contributed by atoms with Gasteiger partial charge in [-0.3, -0.25) is 14.6 Å². The lowest BCUT2D eigenvalue weighted by Crippen LogP contribution is -2.63. The summed E-state index contributed by atoms with van der Waals surface area (Å²) < 4.78 is 19.0. The molecule has 7 heteroatoms. The van der Waals surface area contributed by atoms with Crippen molar-refractivity contribution in [3.63, 3.8) is 0 Å². The third-order valence-corrected chi connectivity index (χ3v) is 8.76. The SMILES string of the molecule is C=C(/C=C\C=C1/CN(CCCN2CC3CCC2CN3CCOc2ccc(F)cc2)C=C1C(=O)NCc1ccccc1)CC. The summed E-state index contributed by atoms with van der Waals surface area (Å²) in [7, 11) is 0. The number of piperidine rings is 2. The van der Waals surface area contributed by atoms with Gasteiger partial charge in [0.15, 0.2) is 0 Å². The first-order valence-electron chi connectivity index (χ1n) is 15.7. The second kappa shape index (κ2) is 15.2. The van der Waals surface area contributed by atoms with Crippen LogP contribution in [0.3, 0.4) is 0 Å². The Balaban J connectivity index is 1.10. The minimum Gasteiger partial charge on any atom is -0.492 e. The topological polar surface area (TPSA) is 48.1 Å². The van der Waals surface area contributed by atoms with Gasteiger partial charge in [0.25, 0.3) is 5.91 Å². The molecule has 4 heterocycles. The summed E-state index contributed by atoms with van der Waals surface area (Å²) in [6.07, 6.45) is 12.6. The molecule has 1 amide bonds. The van der Waals surface area contributed by atoms with Crippen molar-refractivity contribution < 1.29 is 13.9 Å². The van der Waals surface area contributed by atoms with E-state index < -0.39 is 0 Å². The molecule has 1 N–H and O–H groups in total. The van der Waals surface area contributed by atoms with Crippen LogP contribution in [0.1, 0.15) is 38.2 Å². The summed E-state index contributed by atoms with van der Waals surface area (Å²) in [5, 5.41) is 3.10. The van der Waals surface area contributed by atoms with Gasteiger partial charge in [-0.05, 0) is 61.1 Å². The van der Waals surface area contributed by atoms with E-state index in [-0.39, 0.29) is 11.7 Å². The molecule has 2 unspecified atom stereocenters. The first kappa shape index (κ1) is 30.8. The molecule has 0 radical (unpaired) electrons. The number of hydrogen-bond acceptors (Lipinski definition) is 5. The highest BCUT2D eigenvalue weighted by molar-refractivity contribution is 5.98. The van der Waals surface area contributed by atoms with Crippen LogP contribution in [0.5, 0.6) is 5.75 Å². The van der Waals surface area contributed by atoms with Crippen molar-refractivity contribution in [3.05, 3.63) is 114 Å². The molecule has 2 bridgehead atoms. The lowest BCUT2D eigenvalue weighted by Gasteiger charge is -2.51. The molecule has 2 aromatic carbocycles. The van der Waals surface area contributed by atoms with E-state index in [0.717, 1.165) is 80.1 Å². The van der Waals surface area contributed by atoms with Crippen molar-refractivity contribution in [2.75, 3.05) is 45.9 Å². The third-order valence-electron chi connectivity index (χ3n) is 8.76. The smallest absolute Gasteiger partial charge is 0.253 e. The second-order valence-electron chi connectivity index (χ2n) is 11.8. The number of hydrogen-bond donors (Lipinski definition) is 1. The van der Waals surface area contributed by atoms with E-state index in [4.69, 9.17) is 4.74 Å². The van der Waals surface area contributed by atoms with Gasteiger partial charge in [-0.15, -0.1) is 0 Å². The van der Waals surface area contributed by atoms with Crippen LogP contribution in [-0.2, 0) is 11.3 Å². The Morgan fingerprint density at radius 1 is 1.02 bits per heavy atom. The lowest BCUT2D eigenvalue weighted by molar-refractivity contribution is -0.117. The molecule has 4 aliphatic rings. The number of nitrogens with zero attached hydrogens (tertiary/aromatic N) is 3. The van der Waals surface area contributed by atoms with Crippen molar-refractivity contribution in [1.29, 1.82) is 0 Å². The van der Waals surface area contributed by atoms with Crippen LogP contribution in [0.15, 0.2) is 102 Å². The zero-order chi connectivity index (χ0) is 30.0. The number of halogens is 1. The summed E-state index contributed by atoms with van der Waals surface area (Å²) in [5.41, 5.74) is 3.95. The number of amides is 1. The van der Waals surface area contributed by atoms with Gasteiger partial charge in [0, 0.05) is 64.1 Å². The molecule has 6 rings (SSSR count). The number of carbonyl (C=O) groups excluding carboxylic acids is 1. The highest BCUT2D eigenvalue weighted by Gasteiger charge is 2.38. The number of nitrogens with one attached hydrogen (secondary N) is 1. The minimum absolute atomic E-state index is 0.0304. The van der Waals surface area contributed by atoms with Gasteiger partial charge in [0.2, 0.25) is 0 Å². The number of allylic oxidation sites excluding steroid dienone is 4. The summed E-state index contributed by atoms with van der Waals surface area (Å²) in [4.78, 5) is 20.7. The molecular formula is C36H45FN4O2. The Labute approximate surface area is 256 Å². The molecule has 4 aliphatic heterocycles. The maximum atomic E-state index is 13.2. The number of fused-ring (bicyclic) bond motifs is 3. The van der Waals surface area contributed by atoms with E-state index in [0.29, 0.717) is 25.2 Å². The average Bonchev–Trinajstić information content (AvgIpc) is 3.44. The Bertz CT molecular complexity index is 1320. The van der Waals surface area contributed by atoms with Crippen molar-refractivity contribution >= 4 is 5.91 Å². The van der Waals surface area contributed by atoms with Crippen LogP contribution < -0.4 is 10.1 Å². The first-order valence-corrected chi connectivity index (χ1v) is 15.7. The van der Waals surface area contributed by atoms with Gasteiger partial charge in [-0.25, -0.2) is 4.39 Å². The maximum absolute atomic E-state index is 13.2. The Hall–Kier alpha value is -3.68. The van der Waals surface area contributed by atoms with Crippen LogP contribution in [0.25, 0.3) is 0 Å². The summed E-state index contributed by atoms with van der Waals surface area (Å²) in [6.45, 7) is 13.1. The fourth-order valence-electron chi connectivity index (χ4n) is 6.24. The number of piperazine rings is 1. The molecular weight excluding hydrogens is 539 g/mol. The van der Waals surface area contributed by atoms with Gasteiger partial charge < -0.3 is 15.0 Å². The highest BCUT2D eigenvalue weighted by Crippen LogP contribution is 2.29. The summed E-state index contributed by atoms with van der Waals surface area (Å²) in [6, 6.07) is 17.4. The zero-order valence-corrected chi connectivity index (χ0v) is 25.4. The zero-order valence-electron chi connectivity index (χ0n) is 25.4. The van der Waals surface area contributed by atoms with Crippen molar-refractivity contribution in [1.82, 2.24) is 20.0 Å². The summed E-state index contributed by atoms with van der Waals surface area (Å²) in [5.74, 6) is 0.449. The van der Waals surface area contributed by atoms with E-state index in [9.17, 15) is 9.18 Å². The number of rotatable bonds is 14. The number of ether oxygens (including phenoxy) is 1. The number of benzene rings is 2.